The Kier molecular flexibility index (Phi) is 4.86. The molecule has 1 unspecified atom stereocenters. The van der Waals surface area contributed by atoms with Crippen LogP contribution in [0.15, 0.2) is 0 Å². The van der Waals surface area contributed by atoms with E-state index in [4.69, 9.17) is 0 Å². The monoisotopic (exact) mass is 266 g/mol. The molecule has 0 saturated heterocycles. The van der Waals surface area contributed by atoms with Gasteiger partial charge in [-0.15, -0.1) is 0 Å². The third-order valence-corrected chi connectivity index (χ3v) is 5.76. The third-order valence-electron chi connectivity index (χ3n) is 5.76. The fourth-order valence-corrected chi connectivity index (χ4v) is 4.52. The van der Waals surface area contributed by atoms with Crippen LogP contribution in [0.2, 0.25) is 0 Å². The van der Waals surface area contributed by atoms with Crippen molar-refractivity contribution < 1.29 is 0 Å². The highest BCUT2D eigenvalue weighted by Gasteiger charge is 2.48. The van der Waals surface area contributed by atoms with Crippen LogP contribution < -0.4 is 0 Å². The van der Waals surface area contributed by atoms with Gasteiger partial charge in [0, 0.05) is 0 Å². The van der Waals surface area contributed by atoms with Gasteiger partial charge < -0.3 is 0 Å². The van der Waals surface area contributed by atoms with E-state index in [1.807, 2.05) is 0 Å². The van der Waals surface area contributed by atoms with Crippen molar-refractivity contribution in [1.82, 2.24) is 0 Å². The summed E-state index contributed by atoms with van der Waals surface area (Å²) in [6, 6.07) is 0. The van der Waals surface area contributed by atoms with Crippen LogP contribution in [0.5, 0.6) is 0 Å². The molecule has 1 fully saturated rings. The lowest BCUT2D eigenvalue weighted by Gasteiger charge is -2.52. The van der Waals surface area contributed by atoms with Gasteiger partial charge in [0.25, 0.3) is 0 Å². The first-order chi connectivity index (χ1) is 8.43. The molecule has 0 nitrogen and oxygen atoms in total. The van der Waals surface area contributed by atoms with Gasteiger partial charge in [0.05, 0.1) is 0 Å². The Bertz CT molecular complexity index is 290. The van der Waals surface area contributed by atoms with E-state index in [1.54, 1.807) is 0 Å². The lowest BCUT2D eigenvalue weighted by Crippen LogP contribution is -2.42. The van der Waals surface area contributed by atoms with E-state index < -0.39 is 0 Å². The lowest BCUT2D eigenvalue weighted by atomic mass is 9.53. The molecule has 0 heteroatoms. The van der Waals surface area contributed by atoms with Crippen molar-refractivity contribution >= 4 is 0 Å². The van der Waals surface area contributed by atoms with E-state index in [0.717, 1.165) is 0 Å². The smallest absolute Gasteiger partial charge is 0.0236 e. The number of hydrogen-bond acceptors (Lipinski definition) is 0. The molecule has 1 atom stereocenters. The van der Waals surface area contributed by atoms with Crippen molar-refractivity contribution in [1.29, 1.82) is 0 Å². The predicted octanol–water partition coefficient (Wildman–Crippen LogP) is 6.84. The highest BCUT2D eigenvalue weighted by Crippen LogP contribution is 2.59. The van der Waals surface area contributed by atoms with Crippen LogP contribution in [0.4, 0.5) is 0 Å². The van der Waals surface area contributed by atoms with Crippen molar-refractivity contribution in [2.45, 2.75) is 100 Å². The number of hydrogen-bond donors (Lipinski definition) is 0. The summed E-state index contributed by atoms with van der Waals surface area (Å²) in [6.07, 6.45) is 9.82. The average molecular weight is 267 g/mol. The molecule has 0 aromatic rings. The van der Waals surface area contributed by atoms with Crippen LogP contribution in [0.1, 0.15) is 100 Å². The second kappa shape index (κ2) is 5.41. The Morgan fingerprint density at radius 3 is 1.89 bits per heavy atom. The fraction of sp³-hybridized carbons (Fsp3) is 1.00. The Morgan fingerprint density at radius 1 is 0.895 bits per heavy atom. The summed E-state index contributed by atoms with van der Waals surface area (Å²) in [7, 11) is 0. The molecule has 0 aliphatic heterocycles. The van der Waals surface area contributed by atoms with Crippen LogP contribution >= 0.6 is 0 Å². The zero-order valence-electron chi connectivity index (χ0n) is 14.9. The quantitative estimate of drug-likeness (QED) is 0.491. The molecule has 0 bridgehead atoms. The molecule has 0 radical (unpaired) electrons. The fourth-order valence-electron chi connectivity index (χ4n) is 4.52. The summed E-state index contributed by atoms with van der Waals surface area (Å²) >= 11 is 0. The van der Waals surface area contributed by atoms with E-state index in [1.165, 1.54) is 44.9 Å². The molecule has 0 aromatic heterocycles. The topological polar surface area (TPSA) is 0 Å². The van der Waals surface area contributed by atoms with E-state index in [2.05, 4.69) is 55.4 Å². The summed E-state index contributed by atoms with van der Waals surface area (Å²) in [4.78, 5) is 0. The summed E-state index contributed by atoms with van der Waals surface area (Å²) in [6.45, 7) is 19.7. The van der Waals surface area contributed by atoms with Gasteiger partial charge in [0.2, 0.25) is 0 Å². The standard InChI is InChI=1S/C19H38/c1-9-18(7,8)19(14-16(2,3)4)13-11-10-12-17(5,6)15-19/h9-15H2,1-8H3. The van der Waals surface area contributed by atoms with Crippen LogP contribution in [-0.2, 0) is 0 Å². The average Bonchev–Trinajstić information content (AvgIpc) is 2.35. The minimum atomic E-state index is 0.437. The maximum absolute atomic E-state index is 2.53. The van der Waals surface area contributed by atoms with Gasteiger partial charge in [-0.2, -0.15) is 0 Å². The van der Waals surface area contributed by atoms with Crippen molar-refractivity contribution in [2.75, 3.05) is 0 Å². The van der Waals surface area contributed by atoms with Gasteiger partial charge in [0.15, 0.2) is 0 Å². The molecule has 19 heavy (non-hydrogen) atoms. The highest BCUT2D eigenvalue weighted by atomic mass is 14.5. The summed E-state index contributed by atoms with van der Waals surface area (Å²) in [5.74, 6) is 0. The number of rotatable bonds is 3. The van der Waals surface area contributed by atoms with E-state index in [0.29, 0.717) is 21.7 Å². The minimum Gasteiger partial charge on any atom is -0.0649 e. The first-order valence-electron chi connectivity index (χ1n) is 8.43. The Hall–Kier alpha value is 0. The van der Waals surface area contributed by atoms with E-state index in [9.17, 15) is 0 Å². The zero-order valence-corrected chi connectivity index (χ0v) is 14.9. The van der Waals surface area contributed by atoms with Gasteiger partial charge in [-0.3, -0.25) is 0 Å². The van der Waals surface area contributed by atoms with Crippen molar-refractivity contribution in [3.05, 3.63) is 0 Å². The maximum atomic E-state index is 2.53. The summed E-state index contributed by atoms with van der Waals surface area (Å²) < 4.78 is 0. The predicted molar refractivity (Wildman–Crippen MR) is 87.4 cm³/mol. The van der Waals surface area contributed by atoms with Gasteiger partial charge in [-0.05, 0) is 47.3 Å². The normalized spacial score (nSPS) is 29.1. The molecule has 0 amide bonds. The molecular formula is C19H38. The molecule has 1 saturated carbocycles. The zero-order chi connectivity index (χ0) is 14.9. The molecule has 1 rings (SSSR count). The van der Waals surface area contributed by atoms with Crippen molar-refractivity contribution in [3.8, 4) is 0 Å². The van der Waals surface area contributed by atoms with Crippen LogP contribution in [0.3, 0.4) is 0 Å². The lowest BCUT2D eigenvalue weighted by molar-refractivity contribution is -0.0218. The molecule has 1 aliphatic carbocycles. The van der Waals surface area contributed by atoms with Gasteiger partial charge >= 0.3 is 0 Å². The van der Waals surface area contributed by atoms with Gasteiger partial charge in [-0.25, -0.2) is 0 Å². The maximum Gasteiger partial charge on any atom is -0.0236 e. The van der Waals surface area contributed by atoms with E-state index >= 15 is 0 Å². The third kappa shape index (κ3) is 4.23. The second-order valence-electron chi connectivity index (χ2n) is 9.80. The van der Waals surface area contributed by atoms with Gasteiger partial charge in [-0.1, -0.05) is 74.7 Å². The molecule has 0 spiro atoms. The molecule has 0 N–H and O–H groups in total. The van der Waals surface area contributed by atoms with Crippen LogP contribution in [-0.4, -0.2) is 0 Å². The van der Waals surface area contributed by atoms with Crippen LogP contribution in [0, 0.1) is 21.7 Å². The summed E-state index contributed by atoms with van der Waals surface area (Å²) in [5, 5.41) is 0. The Labute approximate surface area is 122 Å². The molecular weight excluding hydrogens is 228 g/mol. The Balaban J connectivity index is 3.17. The largest absolute Gasteiger partial charge is 0.0649 e. The molecule has 0 heterocycles. The second-order valence-corrected chi connectivity index (χ2v) is 9.80. The SMILES string of the molecule is CCC(C)(C)C1(CC(C)(C)C)CCCCC(C)(C)C1. The summed E-state index contributed by atoms with van der Waals surface area (Å²) in [5.41, 5.74) is 1.95. The van der Waals surface area contributed by atoms with Crippen LogP contribution in [0.25, 0.3) is 0 Å². The van der Waals surface area contributed by atoms with Crippen molar-refractivity contribution in [2.24, 2.45) is 21.7 Å². The highest BCUT2D eigenvalue weighted by molar-refractivity contribution is 4.99. The minimum absolute atomic E-state index is 0.437. The van der Waals surface area contributed by atoms with Gasteiger partial charge in [0.1, 0.15) is 0 Å². The molecule has 0 aromatic carbocycles. The molecule has 1 aliphatic rings. The Morgan fingerprint density at radius 2 is 1.42 bits per heavy atom. The van der Waals surface area contributed by atoms with Crippen molar-refractivity contribution in [3.63, 3.8) is 0 Å². The first kappa shape index (κ1) is 17.1. The van der Waals surface area contributed by atoms with E-state index in [-0.39, 0.29) is 0 Å². The first-order valence-corrected chi connectivity index (χ1v) is 8.43. The molecule has 114 valence electrons.